The molecule has 1 aliphatic heterocycles. The summed E-state index contributed by atoms with van der Waals surface area (Å²) in [6.45, 7) is 5.02. The number of carbonyl (C=O) groups is 1. The fourth-order valence-electron chi connectivity index (χ4n) is 3.22. The van der Waals surface area contributed by atoms with Crippen LogP contribution in [0.1, 0.15) is 23.7 Å². The molecule has 1 aliphatic rings. The van der Waals surface area contributed by atoms with Crippen LogP contribution in [0.3, 0.4) is 0 Å². The second-order valence-electron chi connectivity index (χ2n) is 6.77. The van der Waals surface area contributed by atoms with E-state index in [1.807, 2.05) is 30.0 Å². The van der Waals surface area contributed by atoms with E-state index in [-0.39, 0.29) is 41.7 Å². The van der Waals surface area contributed by atoms with Crippen LogP contribution in [0.15, 0.2) is 53.7 Å². The largest absolute Gasteiger partial charge is 0.357 e. The van der Waals surface area contributed by atoms with E-state index in [1.165, 1.54) is 6.07 Å². The number of hydrogen-bond donors (Lipinski definition) is 3. The Bertz CT molecular complexity index is 835. The summed E-state index contributed by atoms with van der Waals surface area (Å²) in [4.78, 5) is 22.7. The molecule has 1 unspecified atom stereocenters. The van der Waals surface area contributed by atoms with Crippen LogP contribution < -0.4 is 20.9 Å². The third-order valence-corrected chi connectivity index (χ3v) is 4.62. The Kier molecular flexibility index (Phi) is 9.78. The van der Waals surface area contributed by atoms with Crippen LogP contribution in [0.4, 0.5) is 10.2 Å². The summed E-state index contributed by atoms with van der Waals surface area (Å²) in [5, 5.41) is 9.47. The van der Waals surface area contributed by atoms with Gasteiger partial charge in [-0.3, -0.25) is 9.79 Å². The zero-order chi connectivity index (χ0) is 20.5. The number of benzene rings is 1. The molecule has 1 atom stereocenters. The lowest BCUT2D eigenvalue weighted by Crippen LogP contribution is -2.45. The van der Waals surface area contributed by atoms with Gasteiger partial charge in [-0.1, -0.05) is 18.2 Å². The third kappa shape index (κ3) is 6.82. The minimum atomic E-state index is -0.303. The van der Waals surface area contributed by atoms with E-state index >= 15 is 0 Å². The highest BCUT2D eigenvalue weighted by molar-refractivity contribution is 14.0. The minimum Gasteiger partial charge on any atom is -0.357 e. The molecular formula is C21H28FIN6O. The predicted molar refractivity (Wildman–Crippen MR) is 128 cm³/mol. The van der Waals surface area contributed by atoms with E-state index in [1.54, 1.807) is 24.4 Å². The summed E-state index contributed by atoms with van der Waals surface area (Å²) in [5.41, 5.74) is 0.634. The average molecular weight is 526 g/mol. The number of aliphatic imine (C=N–C) groups is 1. The Labute approximate surface area is 193 Å². The highest BCUT2D eigenvalue weighted by Crippen LogP contribution is 2.20. The van der Waals surface area contributed by atoms with E-state index in [4.69, 9.17) is 0 Å². The van der Waals surface area contributed by atoms with Crippen molar-refractivity contribution in [1.82, 2.24) is 20.9 Å². The van der Waals surface area contributed by atoms with Crippen LogP contribution >= 0.6 is 24.0 Å². The Morgan fingerprint density at radius 3 is 2.77 bits per heavy atom. The number of rotatable bonds is 7. The summed E-state index contributed by atoms with van der Waals surface area (Å²) in [6.07, 6.45) is 2.47. The number of carbonyl (C=O) groups excluding carboxylic acids is 1. The lowest BCUT2D eigenvalue weighted by Gasteiger charge is -2.20. The van der Waals surface area contributed by atoms with E-state index in [9.17, 15) is 9.18 Å². The van der Waals surface area contributed by atoms with Crippen molar-refractivity contribution >= 4 is 41.7 Å². The van der Waals surface area contributed by atoms with Crippen LogP contribution in [0.5, 0.6) is 0 Å². The summed E-state index contributed by atoms with van der Waals surface area (Å²) >= 11 is 0. The molecule has 9 heteroatoms. The summed E-state index contributed by atoms with van der Waals surface area (Å²) in [5.74, 6) is 0.669. The smallest absolute Gasteiger partial charge is 0.251 e. The predicted octanol–water partition coefficient (Wildman–Crippen LogP) is 2.40. The van der Waals surface area contributed by atoms with Gasteiger partial charge in [-0.05, 0) is 37.6 Å². The number of anilines is 1. The van der Waals surface area contributed by atoms with Crippen LogP contribution in [0.2, 0.25) is 0 Å². The molecule has 3 N–H and O–H groups in total. The number of guanidine groups is 1. The number of halogens is 2. The van der Waals surface area contributed by atoms with Crippen LogP contribution in [-0.4, -0.2) is 55.6 Å². The number of nitrogens with zero attached hydrogens (tertiary/aromatic N) is 3. The molecule has 30 heavy (non-hydrogen) atoms. The van der Waals surface area contributed by atoms with Crippen molar-refractivity contribution < 1.29 is 9.18 Å². The minimum absolute atomic E-state index is 0. The molecule has 3 rings (SSSR count). The summed E-state index contributed by atoms with van der Waals surface area (Å²) in [7, 11) is 0. The van der Waals surface area contributed by atoms with Gasteiger partial charge in [0, 0.05) is 44.0 Å². The van der Waals surface area contributed by atoms with Gasteiger partial charge >= 0.3 is 0 Å². The van der Waals surface area contributed by atoms with Crippen molar-refractivity contribution in [3.8, 4) is 0 Å². The Hall–Kier alpha value is -2.43. The van der Waals surface area contributed by atoms with E-state index in [0.29, 0.717) is 37.0 Å². The van der Waals surface area contributed by atoms with Gasteiger partial charge in [-0.2, -0.15) is 0 Å². The lowest BCUT2D eigenvalue weighted by atomic mass is 10.2. The Morgan fingerprint density at radius 2 is 2.03 bits per heavy atom. The third-order valence-electron chi connectivity index (χ3n) is 4.62. The van der Waals surface area contributed by atoms with Crippen LogP contribution in [-0.2, 0) is 0 Å². The van der Waals surface area contributed by atoms with Gasteiger partial charge < -0.3 is 20.9 Å². The fraction of sp³-hybridized carbons (Fsp3) is 0.381. The highest BCUT2D eigenvalue weighted by atomic mass is 127. The molecule has 1 aromatic heterocycles. The molecule has 2 heterocycles. The highest BCUT2D eigenvalue weighted by Gasteiger charge is 2.25. The monoisotopic (exact) mass is 526 g/mol. The molecule has 0 bridgehead atoms. The fourth-order valence-corrected chi connectivity index (χ4v) is 3.22. The number of aromatic nitrogens is 1. The molecule has 162 valence electrons. The molecule has 1 amide bonds. The summed E-state index contributed by atoms with van der Waals surface area (Å²) in [6, 6.07) is 12.3. The summed E-state index contributed by atoms with van der Waals surface area (Å²) < 4.78 is 14.0. The van der Waals surface area contributed by atoms with Crippen molar-refractivity contribution in [3.05, 3.63) is 60.0 Å². The van der Waals surface area contributed by atoms with Gasteiger partial charge in [-0.25, -0.2) is 9.37 Å². The number of hydrogen-bond acceptors (Lipinski definition) is 4. The normalized spacial score (nSPS) is 16.0. The zero-order valence-electron chi connectivity index (χ0n) is 17.0. The molecule has 2 aromatic rings. The number of nitrogens with one attached hydrogen (secondary N) is 3. The maximum Gasteiger partial charge on any atom is 0.251 e. The lowest BCUT2D eigenvalue weighted by molar-refractivity contribution is 0.0955. The molecule has 0 aliphatic carbocycles. The second kappa shape index (κ2) is 12.3. The molecule has 7 nitrogen and oxygen atoms in total. The number of pyridine rings is 1. The molecule has 1 fully saturated rings. The van der Waals surface area contributed by atoms with Gasteiger partial charge in [-0.15, -0.1) is 24.0 Å². The van der Waals surface area contributed by atoms with Crippen molar-refractivity contribution in [1.29, 1.82) is 0 Å². The van der Waals surface area contributed by atoms with E-state index in [0.717, 1.165) is 19.5 Å². The molecule has 1 aromatic carbocycles. The maximum atomic E-state index is 14.0. The van der Waals surface area contributed by atoms with Crippen LogP contribution in [0.25, 0.3) is 0 Å². The quantitative estimate of drug-likeness (QED) is 0.224. The van der Waals surface area contributed by atoms with Crippen molar-refractivity contribution in [2.75, 3.05) is 37.6 Å². The van der Waals surface area contributed by atoms with E-state index < -0.39 is 0 Å². The van der Waals surface area contributed by atoms with Gasteiger partial charge in [0.2, 0.25) is 0 Å². The van der Waals surface area contributed by atoms with Crippen molar-refractivity contribution in [3.63, 3.8) is 0 Å². The molecular weight excluding hydrogens is 498 g/mol. The van der Waals surface area contributed by atoms with Gasteiger partial charge in [0.15, 0.2) is 17.6 Å². The first kappa shape index (κ1) is 23.8. The molecule has 0 radical (unpaired) electrons. The van der Waals surface area contributed by atoms with Crippen molar-refractivity contribution in [2.24, 2.45) is 4.99 Å². The van der Waals surface area contributed by atoms with Crippen LogP contribution in [0, 0.1) is 5.82 Å². The second-order valence-corrected chi connectivity index (χ2v) is 6.77. The maximum absolute atomic E-state index is 14.0. The Balaban J connectivity index is 0.00000320. The first-order valence-electron chi connectivity index (χ1n) is 9.91. The Morgan fingerprint density at radius 1 is 1.23 bits per heavy atom. The van der Waals surface area contributed by atoms with Gasteiger partial charge in [0.1, 0.15) is 0 Å². The van der Waals surface area contributed by atoms with Gasteiger partial charge in [0.05, 0.1) is 6.54 Å². The van der Waals surface area contributed by atoms with Gasteiger partial charge in [0.25, 0.3) is 5.91 Å². The SMILES string of the molecule is CCNC(=NCCNC(=O)c1ccccc1)NC1CCN(c2ncccc2F)C1.I. The first-order valence-corrected chi connectivity index (χ1v) is 9.91. The van der Waals surface area contributed by atoms with E-state index in [2.05, 4.69) is 25.9 Å². The topological polar surface area (TPSA) is 81.6 Å². The molecule has 0 spiro atoms. The molecule has 1 saturated heterocycles. The number of amides is 1. The molecule has 0 saturated carbocycles. The zero-order valence-corrected chi connectivity index (χ0v) is 19.3. The van der Waals surface area contributed by atoms with Crippen molar-refractivity contribution in [2.45, 2.75) is 19.4 Å². The standard InChI is InChI=1S/C21H27FN6O.HI/c1-2-23-21(26-13-12-25-20(29)16-7-4-3-5-8-16)27-17-10-14-28(15-17)19-18(22)9-6-11-24-19;/h3-9,11,17H,2,10,12-15H2,1H3,(H,25,29)(H2,23,26,27);1H. The first-order chi connectivity index (χ1) is 14.2. The average Bonchev–Trinajstić information content (AvgIpc) is 3.20.